The number of nitrogens with one attached hydrogen (secondary N) is 2. The molecule has 164 valence electrons. The summed E-state index contributed by atoms with van der Waals surface area (Å²) in [7, 11) is 0. The normalized spacial score (nSPS) is 11.5. The lowest BCUT2D eigenvalue weighted by atomic mass is 10.0. The molecule has 7 nitrogen and oxygen atoms in total. The van der Waals surface area contributed by atoms with E-state index in [1.807, 2.05) is 0 Å². The highest BCUT2D eigenvalue weighted by Gasteiger charge is 2.19. The highest BCUT2D eigenvalue weighted by Crippen LogP contribution is 2.24. The number of Topliss-reactive ketones (excluding diaryl/α,β-unsaturated/α-hetero) is 1. The van der Waals surface area contributed by atoms with Crippen molar-refractivity contribution in [3.8, 4) is 0 Å². The third kappa shape index (κ3) is 5.84. The van der Waals surface area contributed by atoms with E-state index in [9.17, 15) is 19.5 Å². The fourth-order valence-corrected chi connectivity index (χ4v) is 3.55. The monoisotopic (exact) mass is 471 g/mol. The van der Waals surface area contributed by atoms with Crippen LogP contribution in [0.1, 0.15) is 33.2 Å². The number of hydrogen-bond acceptors (Lipinski definition) is 5. The maximum absolute atomic E-state index is 12.5. The predicted octanol–water partition coefficient (Wildman–Crippen LogP) is 4.95. The van der Waals surface area contributed by atoms with Crippen molar-refractivity contribution in [3.05, 3.63) is 87.7 Å². The van der Waals surface area contributed by atoms with E-state index in [0.29, 0.717) is 16.9 Å². The standard InChI is InChI=1S/C23H19Cl2N3O4/c1-13(29)15-3-2-4-17(10-15)27-20(23(31)32)9-14-5-7-16(8-6-14)28-22(30)21-18(24)11-26-12-19(21)25/h2-8,10-12,20,27H,9H2,1H3,(H,28,30)(H,31,32). The molecule has 0 fully saturated rings. The molecule has 32 heavy (non-hydrogen) atoms. The second-order valence-electron chi connectivity index (χ2n) is 7.01. The largest absolute Gasteiger partial charge is 0.480 e. The van der Waals surface area contributed by atoms with E-state index in [1.54, 1.807) is 48.5 Å². The van der Waals surface area contributed by atoms with Crippen LogP contribution in [-0.2, 0) is 11.2 Å². The fourth-order valence-electron chi connectivity index (χ4n) is 3.01. The number of carbonyl (C=O) groups is 3. The van der Waals surface area contributed by atoms with Crippen molar-refractivity contribution in [2.24, 2.45) is 0 Å². The maximum Gasteiger partial charge on any atom is 0.326 e. The van der Waals surface area contributed by atoms with E-state index < -0.39 is 17.9 Å². The molecule has 1 aromatic heterocycles. The summed E-state index contributed by atoms with van der Waals surface area (Å²) in [5, 5.41) is 15.5. The molecule has 1 heterocycles. The number of ketones is 1. The van der Waals surface area contributed by atoms with E-state index in [-0.39, 0.29) is 27.8 Å². The number of carboxylic acid groups (broad SMARTS) is 1. The Morgan fingerprint density at radius 3 is 2.25 bits per heavy atom. The highest BCUT2D eigenvalue weighted by atomic mass is 35.5. The Kier molecular flexibility index (Phi) is 7.45. The Labute approximate surface area is 194 Å². The van der Waals surface area contributed by atoms with Crippen molar-refractivity contribution in [1.29, 1.82) is 0 Å². The minimum atomic E-state index is -1.03. The van der Waals surface area contributed by atoms with E-state index >= 15 is 0 Å². The minimum absolute atomic E-state index is 0.104. The molecule has 0 radical (unpaired) electrons. The molecule has 0 bridgehead atoms. The molecule has 0 saturated carbocycles. The summed E-state index contributed by atoms with van der Waals surface area (Å²) in [6.45, 7) is 1.45. The number of aliphatic carboxylic acids is 1. The van der Waals surface area contributed by atoms with Gasteiger partial charge in [-0.05, 0) is 36.8 Å². The van der Waals surface area contributed by atoms with Crippen molar-refractivity contribution in [3.63, 3.8) is 0 Å². The van der Waals surface area contributed by atoms with Crippen LogP contribution in [0.3, 0.4) is 0 Å². The fraction of sp³-hybridized carbons (Fsp3) is 0.130. The Morgan fingerprint density at radius 1 is 1.00 bits per heavy atom. The first-order valence-electron chi connectivity index (χ1n) is 9.54. The Balaban J connectivity index is 1.69. The van der Waals surface area contributed by atoms with Crippen molar-refractivity contribution < 1.29 is 19.5 Å². The number of halogens is 2. The Morgan fingerprint density at radius 2 is 1.66 bits per heavy atom. The zero-order valence-electron chi connectivity index (χ0n) is 16.9. The van der Waals surface area contributed by atoms with Crippen LogP contribution in [0.15, 0.2) is 60.9 Å². The number of rotatable bonds is 8. The van der Waals surface area contributed by atoms with Gasteiger partial charge in [-0.1, -0.05) is 47.5 Å². The number of carboxylic acids is 1. The summed E-state index contributed by atoms with van der Waals surface area (Å²) in [6.07, 6.45) is 2.85. The van der Waals surface area contributed by atoms with Crippen LogP contribution < -0.4 is 10.6 Å². The van der Waals surface area contributed by atoms with Gasteiger partial charge in [0, 0.05) is 35.8 Å². The molecular formula is C23H19Cl2N3O4. The first-order valence-corrected chi connectivity index (χ1v) is 10.3. The SMILES string of the molecule is CC(=O)c1cccc(NC(Cc2ccc(NC(=O)c3c(Cl)cncc3Cl)cc2)C(=O)O)c1. The van der Waals surface area contributed by atoms with Gasteiger partial charge in [0.15, 0.2) is 5.78 Å². The van der Waals surface area contributed by atoms with Crippen molar-refractivity contribution in [2.45, 2.75) is 19.4 Å². The first-order chi connectivity index (χ1) is 15.2. The Bertz CT molecular complexity index is 1150. The molecule has 0 saturated heterocycles. The van der Waals surface area contributed by atoms with Crippen LogP contribution in [0, 0.1) is 0 Å². The zero-order chi connectivity index (χ0) is 23.3. The van der Waals surface area contributed by atoms with Crippen molar-refractivity contribution in [1.82, 2.24) is 4.98 Å². The number of benzene rings is 2. The summed E-state index contributed by atoms with van der Waals surface area (Å²) in [6, 6.07) is 12.5. The number of amides is 1. The van der Waals surface area contributed by atoms with E-state index in [0.717, 1.165) is 5.56 Å². The topological polar surface area (TPSA) is 108 Å². The third-order valence-electron chi connectivity index (χ3n) is 4.64. The van der Waals surface area contributed by atoms with Gasteiger partial charge in [0.1, 0.15) is 6.04 Å². The molecule has 3 rings (SSSR count). The second-order valence-corrected chi connectivity index (χ2v) is 7.82. The third-order valence-corrected chi connectivity index (χ3v) is 5.21. The number of aromatic nitrogens is 1. The minimum Gasteiger partial charge on any atom is -0.480 e. The molecule has 1 unspecified atom stereocenters. The van der Waals surface area contributed by atoms with Crippen LogP contribution in [0.2, 0.25) is 10.0 Å². The molecule has 1 atom stereocenters. The summed E-state index contributed by atoms with van der Waals surface area (Å²) in [5.41, 5.74) is 2.39. The number of hydrogen-bond donors (Lipinski definition) is 3. The molecule has 0 aliphatic heterocycles. The van der Waals surface area contributed by atoms with Gasteiger partial charge < -0.3 is 15.7 Å². The van der Waals surface area contributed by atoms with Crippen LogP contribution >= 0.6 is 23.2 Å². The van der Waals surface area contributed by atoms with Crippen LogP contribution in [0.4, 0.5) is 11.4 Å². The van der Waals surface area contributed by atoms with Crippen molar-refractivity contribution >= 4 is 52.2 Å². The molecular weight excluding hydrogens is 453 g/mol. The second kappa shape index (κ2) is 10.3. The van der Waals surface area contributed by atoms with E-state index in [4.69, 9.17) is 23.2 Å². The van der Waals surface area contributed by atoms with Gasteiger partial charge in [-0.25, -0.2) is 4.79 Å². The summed E-state index contributed by atoms with van der Waals surface area (Å²) >= 11 is 12.0. The molecule has 1 amide bonds. The molecule has 2 aromatic carbocycles. The van der Waals surface area contributed by atoms with E-state index in [2.05, 4.69) is 15.6 Å². The zero-order valence-corrected chi connectivity index (χ0v) is 18.4. The van der Waals surface area contributed by atoms with Crippen molar-refractivity contribution in [2.75, 3.05) is 10.6 Å². The average Bonchev–Trinajstić information content (AvgIpc) is 2.74. The van der Waals surface area contributed by atoms with E-state index in [1.165, 1.54) is 19.3 Å². The van der Waals surface area contributed by atoms with Gasteiger partial charge >= 0.3 is 5.97 Å². The lowest BCUT2D eigenvalue weighted by Gasteiger charge is -2.17. The van der Waals surface area contributed by atoms with Gasteiger partial charge in [0.2, 0.25) is 0 Å². The molecule has 0 aliphatic carbocycles. The van der Waals surface area contributed by atoms with Gasteiger partial charge in [-0.15, -0.1) is 0 Å². The quantitative estimate of drug-likeness (QED) is 0.401. The number of carbonyl (C=O) groups excluding carboxylic acids is 2. The lowest BCUT2D eigenvalue weighted by molar-refractivity contribution is -0.137. The van der Waals surface area contributed by atoms with Gasteiger partial charge in [-0.2, -0.15) is 0 Å². The maximum atomic E-state index is 12.5. The number of pyridine rings is 1. The van der Waals surface area contributed by atoms with Gasteiger partial charge in [0.05, 0.1) is 15.6 Å². The predicted molar refractivity (Wildman–Crippen MR) is 124 cm³/mol. The lowest BCUT2D eigenvalue weighted by Crippen LogP contribution is -2.31. The summed E-state index contributed by atoms with van der Waals surface area (Å²) in [5.74, 6) is -1.62. The number of nitrogens with zero attached hydrogens (tertiary/aromatic N) is 1. The first kappa shape index (κ1) is 23.2. The van der Waals surface area contributed by atoms with Gasteiger partial charge in [-0.3, -0.25) is 14.6 Å². The molecule has 9 heteroatoms. The van der Waals surface area contributed by atoms with Crippen LogP contribution in [-0.4, -0.2) is 33.8 Å². The highest BCUT2D eigenvalue weighted by molar-refractivity contribution is 6.40. The smallest absolute Gasteiger partial charge is 0.326 e. The molecule has 0 spiro atoms. The molecule has 0 aliphatic rings. The van der Waals surface area contributed by atoms with Crippen LogP contribution in [0.25, 0.3) is 0 Å². The summed E-state index contributed by atoms with van der Waals surface area (Å²) < 4.78 is 0. The average molecular weight is 472 g/mol. The molecule has 3 N–H and O–H groups in total. The molecule has 3 aromatic rings. The van der Waals surface area contributed by atoms with Crippen LogP contribution in [0.5, 0.6) is 0 Å². The summed E-state index contributed by atoms with van der Waals surface area (Å²) in [4.78, 5) is 39.6. The Hall–Kier alpha value is -3.42. The van der Waals surface area contributed by atoms with Gasteiger partial charge in [0.25, 0.3) is 5.91 Å². The number of anilines is 2.